The largest absolute Gasteiger partial charge is 0.462 e. The molecule has 4 nitrogen and oxygen atoms in total. The lowest BCUT2D eigenvalue weighted by Crippen LogP contribution is -2.05. The lowest BCUT2D eigenvalue weighted by molar-refractivity contribution is 0.0526. The number of carbonyl (C=O) groups excluding carboxylic acids is 1. The van der Waals surface area contributed by atoms with Crippen molar-refractivity contribution in [3.05, 3.63) is 65.9 Å². The number of hydrogen-bond donors (Lipinski definition) is 2. The van der Waals surface area contributed by atoms with Crippen molar-refractivity contribution in [2.45, 2.75) is 13.5 Å². The van der Waals surface area contributed by atoms with E-state index in [1.165, 1.54) is 10.9 Å². The summed E-state index contributed by atoms with van der Waals surface area (Å²) in [6.07, 6.45) is 1.95. The van der Waals surface area contributed by atoms with E-state index < -0.39 is 0 Å². The van der Waals surface area contributed by atoms with Crippen LogP contribution in [-0.4, -0.2) is 17.6 Å². The molecule has 0 amide bonds. The lowest BCUT2D eigenvalue weighted by atomic mass is 10.1. The van der Waals surface area contributed by atoms with Crippen LogP contribution in [0.5, 0.6) is 0 Å². The van der Waals surface area contributed by atoms with Crippen molar-refractivity contribution < 1.29 is 9.53 Å². The summed E-state index contributed by atoms with van der Waals surface area (Å²) >= 11 is 0. The van der Waals surface area contributed by atoms with Gasteiger partial charge in [-0.3, -0.25) is 0 Å². The third kappa shape index (κ3) is 2.96. The molecule has 112 valence electrons. The first kappa shape index (κ1) is 14.2. The zero-order valence-corrected chi connectivity index (χ0v) is 12.4. The Balaban J connectivity index is 1.69. The Labute approximate surface area is 129 Å². The smallest absolute Gasteiger partial charge is 0.338 e. The molecule has 0 bridgehead atoms. The van der Waals surface area contributed by atoms with Crippen molar-refractivity contribution >= 4 is 22.6 Å². The minimum Gasteiger partial charge on any atom is -0.462 e. The molecule has 0 aliphatic carbocycles. The molecular formula is C18H18N2O2. The monoisotopic (exact) mass is 294 g/mol. The number of H-pyrrole nitrogens is 1. The van der Waals surface area contributed by atoms with E-state index in [1.54, 1.807) is 19.1 Å². The van der Waals surface area contributed by atoms with Gasteiger partial charge in [-0.1, -0.05) is 12.1 Å². The first-order valence-electron chi connectivity index (χ1n) is 7.34. The molecule has 1 aromatic heterocycles. The molecule has 0 aliphatic heterocycles. The van der Waals surface area contributed by atoms with E-state index in [0.29, 0.717) is 12.2 Å². The van der Waals surface area contributed by atoms with Gasteiger partial charge in [-0.15, -0.1) is 0 Å². The number of benzene rings is 2. The predicted octanol–water partition coefficient (Wildman–Crippen LogP) is 3.96. The van der Waals surface area contributed by atoms with Crippen LogP contribution in [0.1, 0.15) is 22.8 Å². The third-order valence-electron chi connectivity index (χ3n) is 3.56. The summed E-state index contributed by atoms with van der Waals surface area (Å²) in [7, 11) is 0. The minimum absolute atomic E-state index is 0.286. The van der Waals surface area contributed by atoms with Crippen molar-refractivity contribution in [2.24, 2.45) is 0 Å². The van der Waals surface area contributed by atoms with Crippen LogP contribution in [0.2, 0.25) is 0 Å². The van der Waals surface area contributed by atoms with E-state index in [1.807, 2.05) is 24.4 Å². The first-order valence-corrected chi connectivity index (χ1v) is 7.34. The van der Waals surface area contributed by atoms with Gasteiger partial charge in [-0.25, -0.2) is 4.79 Å². The molecule has 22 heavy (non-hydrogen) atoms. The number of aromatic nitrogens is 1. The highest BCUT2D eigenvalue weighted by Crippen LogP contribution is 2.19. The number of ether oxygens (including phenoxy) is 1. The van der Waals surface area contributed by atoms with Crippen LogP contribution >= 0.6 is 0 Å². The number of anilines is 1. The van der Waals surface area contributed by atoms with Gasteiger partial charge in [-0.2, -0.15) is 0 Å². The number of esters is 1. The van der Waals surface area contributed by atoms with Gasteiger partial charge in [0.2, 0.25) is 0 Å². The van der Waals surface area contributed by atoms with Gasteiger partial charge in [0.1, 0.15) is 0 Å². The average Bonchev–Trinajstić information content (AvgIpc) is 3.03. The summed E-state index contributed by atoms with van der Waals surface area (Å²) in [5.74, 6) is -0.286. The van der Waals surface area contributed by atoms with E-state index in [0.717, 1.165) is 17.7 Å². The normalized spacial score (nSPS) is 10.6. The number of rotatable bonds is 5. The van der Waals surface area contributed by atoms with Crippen LogP contribution in [0.4, 0.5) is 5.69 Å². The zero-order valence-electron chi connectivity index (χ0n) is 12.4. The van der Waals surface area contributed by atoms with Crippen LogP contribution in [0.15, 0.2) is 54.7 Å². The fourth-order valence-electron chi connectivity index (χ4n) is 2.44. The summed E-state index contributed by atoms with van der Waals surface area (Å²) in [6, 6.07) is 15.6. The lowest BCUT2D eigenvalue weighted by Gasteiger charge is -2.08. The Hall–Kier alpha value is -2.75. The second-order valence-electron chi connectivity index (χ2n) is 5.01. The average molecular weight is 294 g/mol. The van der Waals surface area contributed by atoms with Gasteiger partial charge in [0.15, 0.2) is 0 Å². The number of nitrogens with one attached hydrogen (secondary N) is 2. The number of fused-ring (bicyclic) bond motifs is 1. The third-order valence-corrected chi connectivity index (χ3v) is 3.56. The molecule has 0 aliphatic rings. The Morgan fingerprint density at radius 1 is 1.14 bits per heavy atom. The van der Waals surface area contributed by atoms with Crippen LogP contribution in [-0.2, 0) is 11.3 Å². The number of hydrogen-bond acceptors (Lipinski definition) is 3. The summed E-state index contributed by atoms with van der Waals surface area (Å²) in [6.45, 7) is 2.92. The maximum Gasteiger partial charge on any atom is 0.338 e. The quantitative estimate of drug-likeness (QED) is 0.700. The molecule has 2 aromatic carbocycles. The Bertz CT molecular complexity index is 775. The molecule has 0 saturated heterocycles. The number of carbonyl (C=O) groups is 1. The van der Waals surface area contributed by atoms with Crippen molar-refractivity contribution in [1.82, 2.24) is 4.98 Å². The SMILES string of the molecule is CCOC(=O)c1ccc(NCc2cccc3[nH]ccc23)cc1. The first-order chi connectivity index (χ1) is 10.8. The van der Waals surface area contributed by atoms with Gasteiger partial charge < -0.3 is 15.0 Å². The number of aromatic amines is 1. The molecule has 4 heteroatoms. The van der Waals surface area contributed by atoms with Gasteiger partial charge in [-0.05, 0) is 48.9 Å². The molecule has 0 unspecified atom stereocenters. The molecule has 3 aromatic rings. The fourth-order valence-corrected chi connectivity index (χ4v) is 2.44. The predicted molar refractivity (Wildman–Crippen MR) is 88.0 cm³/mol. The molecular weight excluding hydrogens is 276 g/mol. The second kappa shape index (κ2) is 6.35. The maximum absolute atomic E-state index is 11.6. The highest BCUT2D eigenvalue weighted by atomic mass is 16.5. The van der Waals surface area contributed by atoms with E-state index in [2.05, 4.69) is 28.5 Å². The minimum atomic E-state index is -0.286. The van der Waals surface area contributed by atoms with E-state index in [-0.39, 0.29) is 5.97 Å². The molecule has 0 saturated carbocycles. The standard InChI is InChI=1S/C18H18N2O2/c1-2-22-18(21)13-6-8-15(9-7-13)20-12-14-4-3-5-17-16(14)10-11-19-17/h3-11,19-20H,2,12H2,1H3. The van der Waals surface area contributed by atoms with Crippen LogP contribution in [0, 0.1) is 0 Å². The van der Waals surface area contributed by atoms with E-state index in [9.17, 15) is 4.79 Å². The van der Waals surface area contributed by atoms with Crippen molar-refractivity contribution in [1.29, 1.82) is 0 Å². The van der Waals surface area contributed by atoms with Gasteiger partial charge in [0.05, 0.1) is 12.2 Å². The van der Waals surface area contributed by atoms with Gasteiger partial charge in [0.25, 0.3) is 0 Å². The summed E-state index contributed by atoms with van der Waals surface area (Å²) in [4.78, 5) is 14.8. The summed E-state index contributed by atoms with van der Waals surface area (Å²) in [5, 5.41) is 4.60. The van der Waals surface area contributed by atoms with Crippen molar-refractivity contribution in [3.63, 3.8) is 0 Å². The zero-order chi connectivity index (χ0) is 15.4. The summed E-state index contributed by atoms with van der Waals surface area (Å²) in [5.41, 5.74) is 3.91. The molecule has 1 heterocycles. The fraction of sp³-hybridized carbons (Fsp3) is 0.167. The van der Waals surface area contributed by atoms with Crippen molar-refractivity contribution in [2.75, 3.05) is 11.9 Å². The highest BCUT2D eigenvalue weighted by molar-refractivity contribution is 5.89. The van der Waals surface area contributed by atoms with Crippen LogP contribution in [0.25, 0.3) is 10.9 Å². The van der Waals surface area contributed by atoms with E-state index >= 15 is 0 Å². The topological polar surface area (TPSA) is 54.1 Å². The molecule has 0 atom stereocenters. The highest BCUT2D eigenvalue weighted by Gasteiger charge is 2.06. The Morgan fingerprint density at radius 3 is 2.73 bits per heavy atom. The molecule has 0 spiro atoms. The van der Waals surface area contributed by atoms with E-state index in [4.69, 9.17) is 4.74 Å². The van der Waals surface area contributed by atoms with Gasteiger partial charge in [0, 0.05) is 29.3 Å². The Kier molecular flexibility index (Phi) is 4.10. The second-order valence-corrected chi connectivity index (χ2v) is 5.01. The molecule has 3 rings (SSSR count). The van der Waals surface area contributed by atoms with Crippen LogP contribution in [0.3, 0.4) is 0 Å². The molecule has 2 N–H and O–H groups in total. The van der Waals surface area contributed by atoms with Crippen LogP contribution < -0.4 is 5.32 Å². The molecule has 0 radical (unpaired) electrons. The van der Waals surface area contributed by atoms with Crippen molar-refractivity contribution in [3.8, 4) is 0 Å². The van der Waals surface area contributed by atoms with Gasteiger partial charge >= 0.3 is 5.97 Å². The maximum atomic E-state index is 11.6. The molecule has 0 fully saturated rings. The Morgan fingerprint density at radius 2 is 1.95 bits per heavy atom. The summed E-state index contributed by atoms with van der Waals surface area (Å²) < 4.78 is 4.97.